The van der Waals surface area contributed by atoms with Crippen LogP contribution in [-0.2, 0) is 13.0 Å². The smallest absolute Gasteiger partial charge is 0.227 e. The molecule has 3 aromatic carbocycles. The molecule has 1 saturated carbocycles. The molecule has 0 unspecified atom stereocenters. The maximum atomic E-state index is 10.9. The Labute approximate surface area is 211 Å². The highest BCUT2D eigenvalue weighted by Gasteiger charge is 2.32. The van der Waals surface area contributed by atoms with E-state index in [0.29, 0.717) is 36.5 Å². The fourth-order valence-corrected chi connectivity index (χ4v) is 4.60. The van der Waals surface area contributed by atoms with E-state index in [-0.39, 0.29) is 0 Å². The SMILES string of the molecule is Cc1nn(-c2cccc(Cl)c2)c(Oc2ccccc2)c1CN(C[C@H](O)Cc1ccccc1)C1CC1. The summed E-state index contributed by atoms with van der Waals surface area (Å²) in [7, 11) is 0. The van der Waals surface area contributed by atoms with Gasteiger partial charge in [0.15, 0.2) is 0 Å². The van der Waals surface area contributed by atoms with Gasteiger partial charge in [-0.05, 0) is 62.1 Å². The van der Waals surface area contributed by atoms with Crippen LogP contribution in [0.2, 0.25) is 5.02 Å². The average Bonchev–Trinajstić information content (AvgIpc) is 3.66. The first-order chi connectivity index (χ1) is 17.1. The maximum Gasteiger partial charge on any atom is 0.227 e. The highest BCUT2D eigenvalue weighted by atomic mass is 35.5. The minimum atomic E-state index is -0.445. The second-order valence-electron chi connectivity index (χ2n) is 9.18. The number of nitrogens with zero attached hydrogens (tertiary/aromatic N) is 3. The molecule has 0 radical (unpaired) electrons. The lowest BCUT2D eigenvalue weighted by molar-refractivity contribution is 0.103. The first-order valence-electron chi connectivity index (χ1n) is 12.1. The Hall–Kier alpha value is -3.12. The van der Waals surface area contributed by atoms with Gasteiger partial charge in [-0.2, -0.15) is 5.10 Å². The van der Waals surface area contributed by atoms with E-state index in [9.17, 15) is 5.11 Å². The van der Waals surface area contributed by atoms with Crippen molar-refractivity contribution < 1.29 is 9.84 Å². The number of hydrogen-bond acceptors (Lipinski definition) is 4. The van der Waals surface area contributed by atoms with E-state index in [2.05, 4.69) is 17.0 Å². The quantitative estimate of drug-likeness (QED) is 0.289. The van der Waals surface area contributed by atoms with Crippen LogP contribution in [0.1, 0.15) is 29.7 Å². The van der Waals surface area contributed by atoms with Gasteiger partial charge in [0, 0.05) is 24.2 Å². The molecule has 4 aromatic rings. The molecular formula is C29H30ClN3O2. The van der Waals surface area contributed by atoms with Crippen LogP contribution in [0, 0.1) is 6.92 Å². The van der Waals surface area contributed by atoms with Crippen molar-refractivity contribution in [3.63, 3.8) is 0 Å². The van der Waals surface area contributed by atoms with Gasteiger partial charge < -0.3 is 9.84 Å². The van der Waals surface area contributed by atoms with Gasteiger partial charge in [-0.25, -0.2) is 4.68 Å². The number of benzene rings is 3. The molecular weight excluding hydrogens is 458 g/mol. The van der Waals surface area contributed by atoms with Gasteiger partial charge in [0.1, 0.15) is 5.75 Å². The molecule has 0 spiro atoms. The van der Waals surface area contributed by atoms with Gasteiger partial charge in [0.05, 0.1) is 23.0 Å². The fraction of sp³-hybridized carbons (Fsp3) is 0.276. The van der Waals surface area contributed by atoms with Gasteiger partial charge in [0.2, 0.25) is 5.88 Å². The van der Waals surface area contributed by atoms with Crippen molar-refractivity contribution in [2.75, 3.05) is 6.54 Å². The van der Waals surface area contributed by atoms with E-state index in [4.69, 9.17) is 21.4 Å². The van der Waals surface area contributed by atoms with Gasteiger partial charge >= 0.3 is 0 Å². The minimum absolute atomic E-state index is 0.445. The summed E-state index contributed by atoms with van der Waals surface area (Å²) >= 11 is 6.29. The Kier molecular flexibility index (Phi) is 7.19. The zero-order valence-electron chi connectivity index (χ0n) is 19.8. The number of hydrogen-bond donors (Lipinski definition) is 1. The molecule has 1 aliphatic rings. The Balaban J connectivity index is 1.44. The molecule has 35 heavy (non-hydrogen) atoms. The van der Waals surface area contributed by atoms with Crippen molar-refractivity contribution in [3.05, 3.63) is 107 Å². The molecule has 1 heterocycles. The van der Waals surface area contributed by atoms with Crippen molar-refractivity contribution in [1.29, 1.82) is 0 Å². The van der Waals surface area contributed by atoms with Gasteiger partial charge in [-0.15, -0.1) is 0 Å². The molecule has 1 fully saturated rings. The summed E-state index contributed by atoms with van der Waals surface area (Å²) in [5.74, 6) is 1.43. The fourth-order valence-electron chi connectivity index (χ4n) is 4.42. The van der Waals surface area contributed by atoms with Crippen LogP contribution in [0.5, 0.6) is 11.6 Å². The molecule has 180 valence electrons. The van der Waals surface area contributed by atoms with Crippen molar-refractivity contribution in [3.8, 4) is 17.3 Å². The number of aliphatic hydroxyl groups excluding tert-OH is 1. The monoisotopic (exact) mass is 487 g/mol. The van der Waals surface area contributed by atoms with E-state index in [1.807, 2.05) is 84.4 Å². The second kappa shape index (κ2) is 10.6. The summed E-state index contributed by atoms with van der Waals surface area (Å²) in [6.07, 6.45) is 2.49. The van der Waals surface area contributed by atoms with Crippen LogP contribution >= 0.6 is 11.6 Å². The Morgan fingerprint density at radius 2 is 1.74 bits per heavy atom. The number of aliphatic hydroxyl groups is 1. The summed E-state index contributed by atoms with van der Waals surface area (Å²) in [5, 5.41) is 16.4. The summed E-state index contributed by atoms with van der Waals surface area (Å²) in [4.78, 5) is 2.37. The van der Waals surface area contributed by atoms with Crippen molar-refractivity contribution in [2.45, 2.75) is 44.9 Å². The molecule has 1 N–H and O–H groups in total. The van der Waals surface area contributed by atoms with E-state index < -0.39 is 6.10 Å². The van der Waals surface area contributed by atoms with E-state index in [1.165, 1.54) is 0 Å². The lowest BCUT2D eigenvalue weighted by atomic mass is 10.1. The molecule has 5 nitrogen and oxygen atoms in total. The Morgan fingerprint density at radius 1 is 1.03 bits per heavy atom. The highest BCUT2D eigenvalue weighted by Crippen LogP contribution is 2.35. The number of rotatable bonds is 10. The van der Waals surface area contributed by atoms with Crippen molar-refractivity contribution >= 4 is 11.6 Å². The van der Waals surface area contributed by atoms with Gasteiger partial charge in [-0.3, -0.25) is 4.90 Å². The molecule has 0 amide bonds. The predicted molar refractivity (Wildman–Crippen MR) is 139 cm³/mol. The lowest BCUT2D eigenvalue weighted by Gasteiger charge is -2.25. The first-order valence-corrected chi connectivity index (χ1v) is 12.5. The molecule has 0 aliphatic heterocycles. The molecule has 1 atom stereocenters. The lowest BCUT2D eigenvalue weighted by Crippen LogP contribution is -2.35. The van der Waals surface area contributed by atoms with Crippen LogP contribution in [-0.4, -0.2) is 38.5 Å². The number of ether oxygens (including phenoxy) is 1. The normalized spacial score (nSPS) is 14.3. The molecule has 0 saturated heterocycles. The third-order valence-corrected chi connectivity index (χ3v) is 6.57. The molecule has 0 bridgehead atoms. The number of para-hydroxylation sites is 1. The van der Waals surface area contributed by atoms with Gasteiger partial charge in [-0.1, -0.05) is 66.2 Å². The number of halogens is 1. The maximum absolute atomic E-state index is 10.9. The zero-order valence-corrected chi connectivity index (χ0v) is 20.6. The number of aromatic nitrogens is 2. The molecule has 5 rings (SSSR count). The predicted octanol–water partition coefficient (Wildman–Crippen LogP) is 6.19. The summed E-state index contributed by atoms with van der Waals surface area (Å²) < 4.78 is 8.25. The first kappa shape index (κ1) is 23.6. The Morgan fingerprint density at radius 3 is 2.43 bits per heavy atom. The topological polar surface area (TPSA) is 50.5 Å². The molecule has 6 heteroatoms. The van der Waals surface area contributed by atoms with Gasteiger partial charge in [0.25, 0.3) is 0 Å². The third kappa shape index (κ3) is 5.93. The van der Waals surface area contributed by atoms with E-state index in [1.54, 1.807) is 0 Å². The standard InChI is InChI=1S/C29H30ClN3O2/c1-21-28(20-32(24-15-16-24)19-26(34)17-22-9-4-2-5-10-22)29(35-27-13-6-3-7-14-27)33(31-21)25-12-8-11-23(30)18-25/h2-14,18,24,26,34H,15-17,19-20H2,1H3/t26-/m1/s1. The Bertz CT molecular complexity index is 1260. The molecule has 1 aliphatic carbocycles. The average molecular weight is 488 g/mol. The number of aryl methyl sites for hydroxylation is 1. The van der Waals surface area contributed by atoms with Crippen LogP contribution in [0.15, 0.2) is 84.9 Å². The summed E-state index contributed by atoms with van der Waals surface area (Å²) in [5.41, 5.74) is 3.92. The molecule has 1 aromatic heterocycles. The van der Waals surface area contributed by atoms with E-state index in [0.717, 1.165) is 41.1 Å². The largest absolute Gasteiger partial charge is 0.439 e. The van der Waals surface area contributed by atoms with Crippen LogP contribution in [0.4, 0.5) is 0 Å². The zero-order chi connectivity index (χ0) is 24.2. The van der Waals surface area contributed by atoms with Crippen LogP contribution < -0.4 is 4.74 Å². The third-order valence-electron chi connectivity index (χ3n) is 6.33. The second-order valence-corrected chi connectivity index (χ2v) is 9.62. The van der Waals surface area contributed by atoms with Crippen molar-refractivity contribution in [2.24, 2.45) is 0 Å². The minimum Gasteiger partial charge on any atom is -0.439 e. The van der Waals surface area contributed by atoms with Crippen LogP contribution in [0.25, 0.3) is 5.69 Å². The van der Waals surface area contributed by atoms with E-state index >= 15 is 0 Å². The highest BCUT2D eigenvalue weighted by molar-refractivity contribution is 6.30. The summed E-state index contributed by atoms with van der Waals surface area (Å²) in [6, 6.07) is 28.0. The van der Waals surface area contributed by atoms with Crippen molar-refractivity contribution in [1.82, 2.24) is 14.7 Å². The summed E-state index contributed by atoms with van der Waals surface area (Å²) in [6.45, 7) is 3.27. The van der Waals surface area contributed by atoms with Crippen LogP contribution in [0.3, 0.4) is 0 Å².